The summed E-state index contributed by atoms with van der Waals surface area (Å²) in [5.41, 5.74) is -1.31. The first-order valence-corrected chi connectivity index (χ1v) is 4.95. The molecule has 2 N–H and O–H groups in total. The first-order valence-electron chi connectivity index (χ1n) is 3.51. The van der Waals surface area contributed by atoms with Crippen molar-refractivity contribution in [2.75, 3.05) is 0 Å². The Morgan fingerprint density at radius 1 is 1.53 bits per heavy atom. The number of fused-ring (bicyclic) bond motifs is 1. The second-order valence-electron chi connectivity index (χ2n) is 2.56. The van der Waals surface area contributed by atoms with Gasteiger partial charge in [0.15, 0.2) is 11.6 Å². The number of aromatic amines is 1. The topological polar surface area (TPSA) is 117 Å². The van der Waals surface area contributed by atoms with Gasteiger partial charge in [0.1, 0.15) is 0 Å². The Kier molecular flexibility index (Phi) is 1.84. The molecule has 0 amide bonds. The van der Waals surface area contributed by atoms with Gasteiger partial charge in [-0.1, -0.05) is 0 Å². The number of H-pyrrole nitrogens is 1. The predicted octanol–water partition coefficient (Wildman–Crippen LogP) is -1.20. The van der Waals surface area contributed by atoms with Crippen molar-refractivity contribution in [1.29, 1.82) is 0 Å². The lowest BCUT2D eigenvalue weighted by molar-refractivity contribution is 0.474. The van der Waals surface area contributed by atoms with Crippen molar-refractivity contribution in [2.24, 2.45) is 0 Å². The fourth-order valence-electron chi connectivity index (χ4n) is 0.961. The molecule has 2 heterocycles. The zero-order valence-corrected chi connectivity index (χ0v) is 7.69. The summed E-state index contributed by atoms with van der Waals surface area (Å²) in [4.78, 5) is 16.0. The number of rotatable bonds is 1. The second-order valence-corrected chi connectivity index (χ2v) is 3.88. The third-order valence-corrected chi connectivity index (χ3v) is 2.15. The minimum absolute atomic E-state index is 0.316. The second kappa shape index (κ2) is 2.84. The largest absolute Gasteiger partial charge is 0.350 e. The van der Waals surface area contributed by atoms with Crippen molar-refractivity contribution < 1.29 is 17.4 Å². The van der Waals surface area contributed by atoms with Crippen molar-refractivity contribution in [3.8, 4) is 0 Å². The Morgan fingerprint density at radius 3 is 2.80 bits per heavy atom. The molecule has 0 aromatic carbocycles. The molecule has 0 bridgehead atoms. The Morgan fingerprint density at radius 2 is 2.20 bits per heavy atom. The molecule has 2 aromatic rings. The summed E-state index contributed by atoms with van der Waals surface area (Å²) in [6, 6.07) is 0.767. The lowest BCUT2D eigenvalue weighted by Crippen LogP contribution is -2.18. The van der Waals surface area contributed by atoms with Crippen LogP contribution in [0.25, 0.3) is 5.65 Å². The molecule has 80 valence electrons. The van der Waals surface area contributed by atoms with Crippen molar-refractivity contribution in [2.45, 2.75) is 5.16 Å². The Balaban J connectivity index is 2.89. The van der Waals surface area contributed by atoms with Crippen LogP contribution in [0, 0.1) is 5.95 Å². The van der Waals surface area contributed by atoms with Gasteiger partial charge in [-0.25, -0.2) is 4.79 Å². The quantitative estimate of drug-likeness (QED) is 0.473. The molecule has 0 aliphatic heterocycles. The summed E-state index contributed by atoms with van der Waals surface area (Å²) in [7, 11) is -4.61. The lowest BCUT2D eigenvalue weighted by atomic mass is 10.6. The fourth-order valence-corrected chi connectivity index (χ4v) is 1.35. The van der Waals surface area contributed by atoms with E-state index in [9.17, 15) is 17.6 Å². The van der Waals surface area contributed by atoms with Gasteiger partial charge in [0, 0.05) is 6.07 Å². The van der Waals surface area contributed by atoms with Gasteiger partial charge in [0.05, 0.1) is 0 Å². The van der Waals surface area contributed by atoms with E-state index in [1.54, 1.807) is 4.98 Å². The van der Waals surface area contributed by atoms with E-state index in [1.807, 2.05) is 0 Å². The maximum absolute atomic E-state index is 12.7. The highest BCUT2D eigenvalue weighted by Crippen LogP contribution is 2.03. The number of nitrogens with one attached hydrogen (secondary N) is 1. The number of aromatic nitrogens is 4. The summed E-state index contributed by atoms with van der Waals surface area (Å²) in [6.45, 7) is 0. The van der Waals surface area contributed by atoms with Crippen LogP contribution in [0.15, 0.2) is 16.0 Å². The van der Waals surface area contributed by atoms with Gasteiger partial charge in [-0.3, -0.25) is 9.54 Å². The summed E-state index contributed by atoms with van der Waals surface area (Å²) in [6.07, 6.45) is 0. The van der Waals surface area contributed by atoms with Crippen LogP contribution < -0.4 is 5.69 Å². The smallest absolute Gasteiger partial charge is 0.282 e. The number of hydrogen-bond donors (Lipinski definition) is 2. The van der Waals surface area contributed by atoms with Gasteiger partial charge < -0.3 is 0 Å². The summed E-state index contributed by atoms with van der Waals surface area (Å²) >= 11 is 0. The van der Waals surface area contributed by atoms with Gasteiger partial charge in [-0.05, 0) is 0 Å². The molecule has 0 unspecified atom stereocenters. The summed E-state index contributed by atoms with van der Waals surface area (Å²) in [5, 5.41) is 2.22. The third kappa shape index (κ3) is 1.59. The van der Waals surface area contributed by atoms with E-state index in [4.69, 9.17) is 4.55 Å². The average molecular weight is 234 g/mol. The van der Waals surface area contributed by atoms with Gasteiger partial charge in [0.2, 0.25) is 0 Å². The summed E-state index contributed by atoms with van der Waals surface area (Å²) in [5.74, 6) is -0.984. The predicted molar refractivity (Wildman–Crippen MR) is 43.4 cm³/mol. The van der Waals surface area contributed by atoms with Crippen molar-refractivity contribution in [3.63, 3.8) is 0 Å². The van der Waals surface area contributed by atoms with E-state index in [0.717, 1.165) is 6.07 Å². The van der Waals surface area contributed by atoms with Crippen LogP contribution in [-0.4, -0.2) is 32.6 Å². The van der Waals surface area contributed by atoms with Crippen LogP contribution in [0.1, 0.15) is 0 Å². The van der Waals surface area contributed by atoms with E-state index < -0.39 is 26.9 Å². The van der Waals surface area contributed by atoms with E-state index in [0.29, 0.717) is 4.52 Å². The van der Waals surface area contributed by atoms with Gasteiger partial charge >= 0.3 is 15.8 Å². The molecule has 2 rings (SSSR count). The molecule has 0 atom stereocenters. The highest BCUT2D eigenvalue weighted by molar-refractivity contribution is 7.85. The Labute approximate surface area is 81.1 Å². The van der Waals surface area contributed by atoms with Gasteiger partial charge in [-0.15, -0.1) is 5.10 Å². The van der Waals surface area contributed by atoms with E-state index in [2.05, 4.69) is 10.1 Å². The minimum atomic E-state index is -4.61. The van der Waals surface area contributed by atoms with Crippen molar-refractivity contribution in [1.82, 2.24) is 19.6 Å². The van der Waals surface area contributed by atoms with Crippen molar-refractivity contribution in [3.05, 3.63) is 22.5 Å². The maximum atomic E-state index is 12.7. The minimum Gasteiger partial charge on any atom is -0.282 e. The SMILES string of the molecule is O=c1[nH]c(F)cc2nc(S(=O)(=O)O)nn12. The van der Waals surface area contributed by atoms with Crippen LogP contribution in [0.3, 0.4) is 0 Å². The molecular formula is C5H3FN4O4S. The summed E-state index contributed by atoms with van der Waals surface area (Å²) < 4.78 is 43.0. The average Bonchev–Trinajstić information content (AvgIpc) is 2.46. The maximum Gasteiger partial charge on any atom is 0.350 e. The van der Waals surface area contributed by atoms with Gasteiger partial charge in [0.25, 0.3) is 5.16 Å². The highest BCUT2D eigenvalue weighted by atomic mass is 32.2. The zero-order chi connectivity index (χ0) is 11.2. The molecule has 0 fully saturated rings. The standard InChI is InChI=1S/C5H3FN4O4S/c6-2-1-3-8-4(15(12,13)14)9-10(3)5(11)7-2/h1H,(H,7,11)(H,12,13,14). The molecule has 0 aliphatic carbocycles. The van der Waals surface area contributed by atoms with Gasteiger partial charge in [-0.2, -0.15) is 22.3 Å². The van der Waals surface area contributed by atoms with E-state index >= 15 is 0 Å². The van der Waals surface area contributed by atoms with Crippen LogP contribution in [0.4, 0.5) is 4.39 Å². The zero-order valence-electron chi connectivity index (χ0n) is 6.88. The van der Waals surface area contributed by atoms with Crippen LogP contribution in [0.2, 0.25) is 0 Å². The Bertz CT molecular complexity index is 687. The third-order valence-electron chi connectivity index (χ3n) is 1.52. The normalized spacial score (nSPS) is 12.1. The Hall–Kier alpha value is -1.81. The first kappa shape index (κ1) is 9.73. The molecule has 0 saturated heterocycles. The first-order chi connectivity index (χ1) is 6.88. The fraction of sp³-hybridized carbons (Fsp3) is 0. The molecule has 0 radical (unpaired) electrons. The number of nitrogens with zero attached hydrogens (tertiary/aromatic N) is 3. The van der Waals surface area contributed by atoms with Crippen LogP contribution in [-0.2, 0) is 10.1 Å². The van der Waals surface area contributed by atoms with Crippen LogP contribution >= 0.6 is 0 Å². The van der Waals surface area contributed by atoms with Crippen molar-refractivity contribution >= 4 is 15.8 Å². The lowest BCUT2D eigenvalue weighted by Gasteiger charge is -1.88. The molecule has 8 nitrogen and oxygen atoms in total. The molecule has 0 spiro atoms. The molecule has 0 aliphatic rings. The molecular weight excluding hydrogens is 231 g/mol. The van der Waals surface area contributed by atoms with E-state index in [1.165, 1.54) is 0 Å². The number of halogens is 1. The molecule has 10 heteroatoms. The number of hydrogen-bond acceptors (Lipinski definition) is 5. The highest BCUT2D eigenvalue weighted by Gasteiger charge is 2.18. The monoisotopic (exact) mass is 234 g/mol. The van der Waals surface area contributed by atoms with E-state index in [-0.39, 0.29) is 5.65 Å². The van der Waals surface area contributed by atoms with Crippen LogP contribution in [0.5, 0.6) is 0 Å². The molecule has 15 heavy (non-hydrogen) atoms. The molecule has 0 saturated carbocycles. The molecule has 2 aromatic heterocycles.